The summed E-state index contributed by atoms with van der Waals surface area (Å²) in [5, 5.41) is 5.53. The molecule has 1 heterocycles. The van der Waals surface area contributed by atoms with Crippen molar-refractivity contribution >= 4 is 34.8 Å². The normalized spacial score (nSPS) is 17.4. The number of anilines is 2. The molecular formula is C20H19ClF3N3O2. The quantitative estimate of drug-likeness (QED) is 0.756. The molecule has 0 spiro atoms. The zero-order chi connectivity index (χ0) is 21.3. The molecule has 0 aromatic heterocycles. The molecule has 2 aromatic rings. The van der Waals surface area contributed by atoms with Crippen LogP contribution in [-0.2, 0) is 4.79 Å². The molecule has 0 fully saturated rings. The van der Waals surface area contributed by atoms with Crippen molar-refractivity contribution < 1.29 is 22.8 Å². The lowest BCUT2D eigenvalue weighted by molar-refractivity contribution is -0.139. The Balaban J connectivity index is 1.85. The van der Waals surface area contributed by atoms with E-state index in [1.54, 1.807) is 24.9 Å². The Morgan fingerprint density at radius 3 is 2.52 bits per heavy atom. The molecule has 0 saturated carbocycles. The summed E-state index contributed by atoms with van der Waals surface area (Å²) < 4.78 is 39.1. The highest BCUT2D eigenvalue weighted by Gasteiger charge is 2.34. The third kappa shape index (κ3) is 4.82. The number of carbonyl (C=O) groups excluding carboxylic acids is 2. The van der Waals surface area contributed by atoms with Crippen LogP contribution in [0.4, 0.5) is 24.5 Å². The first-order chi connectivity index (χ1) is 13.5. The number of halogens is 4. The van der Waals surface area contributed by atoms with Gasteiger partial charge in [0.05, 0.1) is 23.8 Å². The van der Waals surface area contributed by atoms with Crippen LogP contribution in [0.15, 0.2) is 42.5 Å². The Labute approximate surface area is 170 Å². The predicted molar refractivity (Wildman–Crippen MR) is 105 cm³/mol. The molecule has 2 atom stereocenters. The van der Waals surface area contributed by atoms with Crippen molar-refractivity contribution in [3.8, 4) is 0 Å². The van der Waals surface area contributed by atoms with Crippen LogP contribution in [-0.4, -0.2) is 31.1 Å². The van der Waals surface area contributed by atoms with Crippen molar-refractivity contribution in [2.24, 2.45) is 0 Å². The van der Waals surface area contributed by atoms with E-state index in [-0.39, 0.29) is 17.5 Å². The molecule has 5 nitrogen and oxygen atoms in total. The highest BCUT2D eigenvalue weighted by atomic mass is 35.5. The van der Waals surface area contributed by atoms with Crippen molar-refractivity contribution in [2.45, 2.75) is 31.6 Å². The van der Waals surface area contributed by atoms with Crippen molar-refractivity contribution in [1.29, 1.82) is 0 Å². The Hall–Kier alpha value is -2.74. The van der Waals surface area contributed by atoms with Gasteiger partial charge in [0.25, 0.3) is 5.91 Å². The molecule has 2 aromatic carbocycles. The summed E-state index contributed by atoms with van der Waals surface area (Å²) in [6, 6.07) is 8.82. The number of nitrogens with zero attached hydrogens (tertiary/aromatic N) is 1. The van der Waals surface area contributed by atoms with Crippen LogP contribution in [0.5, 0.6) is 0 Å². The zero-order valence-corrected chi connectivity index (χ0v) is 16.4. The summed E-state index contributed by atoms with van der Waals surface area (Å²) in [5.41, 5.74) is 1.59. The van der Waals surface area contributed by atoms with Crippen molar-refractivity contribution in [3.05, 3.63) is 58.6 Å². The van der Waals surface area contributed by atoms with Crippen LogP contribution in [0.25, 0.3) is 0 Å². The fraction of sp³-hybridized carbons (Fsp3) is 0.300. The lowest BCUT2D eigenvalue weighted by Crippen LogP contribution is -2.44. The number of rotatable bonds is 4. The maximum absolute atomic E-state index is 13.0. The molecule has 0 radical (unpaired) electrons. The molecule has 3 rings (SSSR count). The number of hydrogen-bond acceptors (Lipinski definition) is 3. The summed E-state index contributed by atoms with van der Waals surface area (Å²) in [4.78, 5) is 26.4. The molecule has 1 aliphatic rings. The Morgan fingerprint density at radius 1 is 1.24 bits per heavy atom. The van der Waals surface area contributed by atoms with Crippen LogP contribution < -0.4 is 15.5 Å². The zero-order valence-electron chi connectivity index (χ0n) is 15.7. The van der Waals surface area contributed by atoms with Gasteiger partial charge in [-0.2, -0.15) is 13.2 Å². The van der Waals surface area contributed by atoms with Gasteiger partial charge in [0.15, 0.2) is 0 Å². The minimum Gasteiger partial charge on any atom is -0.361 e. The van der Waals surface area contributed by atoms with Crippen LogP contribution >= 0.6 is 11.6 Å². The number of hydrogen-bond donors (Lipinski definition) is 2. The summed E-state index contributed by atoms with van der Waals surface area (Å²) >= 11 is 5.80. The number of alkyl halides is 3. The van der Waals surface area contributed by atoms with E-state index in [1.165, 1.54) is 36.4 Å². The lowest BCUT2D eigenvalue weighted by atomic mass is 10.0. The fourth-order valence-electron chi connectivity index (χ4n) is 3.13. The lowest BCUT2D eigenvalue weighted by Gasteiger charge is -2.33. The molecule has 29 heavy (non-hydrogen) atoms. The largest absolute Gasteiger partial charge is 0.391 e. The standard InChI is InChI=1S/C20H19ClF3N3O2/c1-11-18(28)25-15-9-13(5-8-17(15)27(11)2)19(29)26-16(10-20(22,23)24)12-3-6-14(21)7-4-12/h3-9,11,16H,10H2,1-2H3,(H,25,28)(H,26,29)/t11-,16-/m1/s1. The number of fused-ring (bicyclic) bond motifs is 1. The summed E-state index contributed by atoms with van der Waals surface area (Å²) in [5.74, 6) is -0.902. The maximum atomic E-state index is 13.0. The highest BCUT2D eigenvalue weighted by molar-refractivity contribution is 6.30. The number of likely N-dealkylation sites (N-methyl/N-ethyl adjacent to an activating group) is 1. The van der Waals surface area contributed by atoms with Crippen molar-refractivity contribution in [2.75, 3.05) is 17.3 Å². The van der Waals surface area contributed by atoms with Gasteiger partial charge >= 0.3 is 6.18 Å². The van der Waals surface area contributed by atoms with E-state index in [2.05, 4.69) is 10.6 Å². The van der Waals surface area contributed by atoms with Gasteiger partial charge in [-0.1, -0.05) is 23.7 Å². The first-order valence-electron chi connectivity index (χ1n) is 8.86. The monoisotopic (exact) mass is 425 g/mol. The second-order valence-corrected chi connectivity index (χ2v) is 7.34. The van der Waals surface area contributed by atoms with E-state index in [0.717, 1.165) is 5.69 Å². The Kier molecular flexibility index (Phi) is 5.75. The third-order valence-corrected chi connectivity index (χ3v) is 5.12. The van der Waals surface area contributed by atoms with Gasteiger partial charge in [-0.15, -0.1) is 0 Å². The average Bonchev–Trinajstić information content (AvgIpc) is 2.64. The van der Waals surface area contributed by atoms with Crippen LogP contribution in [0.3, 0.4) is 0 Å². The topological polar surface area (TPSA) is 61.4 Å². The molecule has 9 heteroatoms. The van der Waals surface area contributed by atoms with E-state index in [0.29, 0.717) is 16.3 Å². The Bertz CT molecular complexity index is 932. The first kappa shape index (κ1) is 21.0. The highest BCUT2D eigenvalue weighted by Crippen LogP contribution is 2.33. The first-order valence-corrected chi connectivity index (χ1v) is 9.24. The molecule has 0 aliphatic carbocycles. The van der Waals surface area contributed by atoms with E-state index in [9.17, 15) is 22.8 Å². The molecule has 0 bridgehead atoms. The summed E-state index contributed by atoms with van der Waals surface area (Å²) in [7, 11) is 1.75. The van der Waals surface area contributed by atoms with Crippen LogP contribution in [0.1, 0.15) is 35.3 Å². The van der Waals surface area contributed by atoms with Crippen molar-refractivity contribution in [3.63, 3.8) is 0 Å². The number of carbonyl (C=O) groups is 2. The molecule has 154 valence electrons. The minimum absolute atomic E-state index is 0.146. The van der Waals surface area contributed by atoms with Crippen LogP contribution in [0, 0.1) is 0 Å². The molecule has 1 aliphatic heterocycles. The Morgan fingerprint density at radius 2 is 1.90 bits per heavy atom. The summed E-state index contributed by atoms with van der Waals surface area (Å²) in [6.45, 7) is 1.74. The van der Waals surface area contributed by atoms with Gasteiger partial charge in [0.1, 0.15) is 6.04 Å². The van der Waals surface area contributed by atoms with E-state index in [1.807, 2.05) is 0 Å². The average molecular weight is 426 g/mol. The van der Waals surface area contributed by atoms with Gasteiger partial charge in [-0.05, 0) is 42.8 Å². The van der Waals surface area contributed by atoms with E-state index in [4.69, 9.17) is 11.6 Å². The summed E-state index contributed by atoms with van der Waals surface area (Å²) in [6.07, 6.45) is -5.69. The van der Waals surface area contributed by atoms with E-state index >= 15 is 0 Å². The third-order valence-electron chi connectivity index (χ3n) is 4.87. The SMILES string of the molecule is C[C@@H]1C(=O)Nc2cc(C(=O)N[C@H](CC(F)(F)F)c3ccc(Cl)cc3)ccc2N1C. The second-order valence-electron chi connectivity index (χ2n) is 6.90. The molecule has 0 unspecified atom stereocenters. The number of benzene rings is 2. The van der Waals surface area contributed by atoms with Crippen molar-refractivity contribution in [1.82, 2.24) is 5.32 Å². The van der Waals surface area contributed by atoms with Gasteiger partial charge in [-0.25, -0.2) is 0 Å². The smallest absolute Gasteiger partial charge is 0.361 e. The maximum Gasteiger partial charge on any atom is 0.391 e. The molecule has 2 N–H and O–H groups in total. The predicted octanol–water partition coefficient (Wildman–Crippen LogP) is 4.54. The van der Waals surface area contributed by atoms with Gasteiger partial charge < -0.3 is 15.5 Å². The molecule has 0 saturated heterocycles. The number of nitrogens with one attached hydrogen (secondary N) is 2. The van der Waals surface area contributed by atoms with Gasteiger partial charge in [0.2, 0.25) is 5.91 Å². The van der Waals surface area contributed by atoms with Gasteiger partial charge in [0, 0.05) is 17.6 Å². The molecule has 2 amide bonds. The van der Waals surface area contributed by atoms with Crippen LogP contribution in [0.2, 0.25) is 5.02 Å². The van der Waals surface area contributed by atoms with Gasteiger partial charge in [-0.3, -0.25) is 9.59 Å². The minimum atomic E-state index is -4.47. The van der Waals surface area contributed by atoms with E-state index < -0.39 is 24.5 Å². The second kappa shape index (κ2) is 7.94. The number of amides is 2. The fourth-order valence-corrected chi connectivity index (χ4v) is 3.25. The molecular weight excluding hydrogens is 407 g/mol.